The van der Waals surface area contributed by atoms with Gasteiger partial charge in [0.25, 0.3) is 11.6 Å². The number of hydrogen-bond donors (Lipinski definition) is 1. The minimum absolute atomic E-state index is 0.00842. The van der Waals surface area contributed by atoms with E-state index in [2.05, 4.69) is 5.32 Å². The van der Waals surface area contributed by atoms with Crippen molar-refractivity contribution in [2.75, 3.05) is 0 Å². The Morgan fingerprint density at radius 3 is 2.68 bits per heavy atom. The van der Waals surface area contributed by atoms with Gasteiger partial charge in [-0.25, -0.2) is 0 Å². The monoisotopic (exact) mass is 340 g/mol. The number of nitro benzene ring substituents is 1. The summed E-state index contributed by atoms with van der Waals surface area (Å²) in [5.74, 6) is 0.513. The molecule has 130 valence electrons. The highest BCUT2D eigenvalue weighted by Gasteiger charge is 2.34. The summed E-state index contributed by atoms with van der Waals surface area (Å²) in [6.45, 7) is 5.60. The summed E-state index contributed by atoms with van der Waals surface area (Å²) < 4.78 is 5.97. The highest BCUT2D eigenvalue weighted by molar-refractivity contribution is 5.95. The van der Waals surface area contributed by atoms with Gasteiger partial charge in [0, 0.05) is 29.2 Å². The van der Waals surface area contributed by atoms with E-state index in [1.54, 1.807) is 13.0 Å². The second kappa shape index (κ2) is 6.20. The Morgan fingerprint density at radius 2 is 2.00 bits per heavy atom. The summed E-state index contributed by atoms with van der Waals surface area (Å²) in [4.78, 5) is 23.1. The number of aryl methyl sites for hydroxylation is 1. The molecule has 0 bridgehead atoms. The molecule has 0 fully saturated rings. The van der Waals surface area contributed by atoms with Crippen LogP contribution < -0.4 is 10.1 Å². The first-order valence-electron chi connectivity index (χ1n) is 8.11. The van der Waals surface area contributed by atoms with E-state index in [1.165, 1.54) is 12.1 Å². The number of nitrogens with zero attached hydrogens (tertiary/aromatic N) is 1. The minimum atomic E-state index is -0.450. The molecule has 0 unspecified atom stereocenters. The summed E-state index contributed by atoms with van der Waals surface area (Å²) in [5.41, 5.74) is 1.43. The standard InChI is InChI=1S/C19H20N2O4/c1-12-10-13(8-9-16(12)21(23)24)18(22)20-15-11-19(2,3)25-17-7-5-4-6-14(15)17/h4-10,15H,11H2,1-3H3,(H,20,22)/t15-/m0/s1. The number of nitro groups is 1. The lowest BCUT2D eigenvalue weighted by atomic mass is 9.89. The molecule has 3 rings (SSSR count). The lowest BCUT2D eigenvalue weighted by Gasteiger charge is -2.37. The van der Waals surface area contributed by atoms with Gasteiger partial charge in [-0.05, 0) is 39.0 Å². The summed E-state index contributed by atoms with van der Waals surface area (Å²) in [6.07, 6.45) is 0.641. The maximum Gasteiger partial charge on any atom is 0.272 e. The van der Waals surface area contributed by atoms with Crippen molar-refractivity contribution in [3.63, 3.8) is 0 Å². The van der Waals surface area contributed by atoms with Crippen molar-refractivity contribution in [3.8, 4) is 5.75 Å². The Kier molecular flexibility index (Phi) is 4.20. The molecular formula is C19H20N2O4. The summed E-state index contributed by atoms with van der Waals surface area (Å²) in [5, 5.41) is 14.0. The summed E-state index contributed by atoms with van der Waals surface area (Å²) in [6, 6.07) is 11.9. The number of ether oxygens (including phenoxy) is 1. The molecule has 1 heterocycles. The molecule has 2 aromatic carbocycles. The smallest absolute Gasteiger partial charge is 0.272 e. The van der Waals surface area contributed by atoms with Crippen molar-refractivity contribution < 1.29 is 14.5 Å². The quantitative estimate of drug-likeness (QED) is 0.678. The van der Waals surface area contributed by atoms with Crippen LogP contribution in [0.5, 0.6) is 5.75 Å². The van der Waals surface area contributed by atoms with Crippen LogP contribution in [-0.2, 0) is 0 Å². The Balaban J connectivity index is 1.86. The van der Waals surface area contributed by atoms with E-state index in [9.17, 15) is 14.9 Å². The van der Waals surface area contributed by atoms with Crippen molar-refractivity contribution in [2.45, 2.75) is 38.8 Å². The largest absolute Gasteiger partial charge is 0.487 e. The lowest BCUT2D eigenvalue weighted by molar-refractivity contribution is -0.385. The van der Waals surface area contributed by atoms with Crippen LogP contribution in [-0.4, -0.2) is 16.4 Å². The zero-order valence-corrected chi connectivity index (χ0v) is 14.4. The van der Waals surface area contributed by atoms with Crippen molar-refractivity contribution in [1.29, 1.82) is 0 Å². The molecule has 25 heavy (non-hydrogen) atoms. The van der Waals surface area contributed by atoms with Crippen LogP contribution in [0.1, 0.15) is 47.8 Å². The molecule has 6 heteroatoms. The third kappa shape index (κ3) is 3.47. The molecule has 0 radical (unpaired) electrons. The van der Waals surface area contributed by atoms with Gasteiger partial charge >= 0.3 is 0 Å². The van der Waals surface area contributed by atoms with E-state index in [0.29, 0.717) is 17.5 Å². The molecule has 2 aromatic rings. The SMILES string of the molecule is Cc1cc(C(=O)N[C@H]2CC(C)(C)Oc3ccccc32)ccc1[N+](=O)[O-]. The topological polar surface area (TPSA) is 81.5 Å². The Bertz CT molecular complexity index is 845. The summed E-state index contributed by atoms with van der Waals surface area (Å²) >= 11 is 0. The molecule has 1 amide bonds. The van der Waals surface area contributed by atoms with E-state index in [4.69, 9.17) is 4.74 Å². The third-order valence-electron chi connectivity index (χ3n) is 4.34. The Labute approximate surface area is 146 Å². The maximum absolute atomic E-state index is 12.6. The van der Waals surface area contributed by atoms with Crippen LogP contribution in [0.3, 0.4) is 0 Å². The van der Waals surface area contributed by atoms with Crippen LogP contribution in [0, 0.1) is 17.0 Å². The number of nitrogens with one attached hydrogen (secondary N) is 1. The number of benzene rings is 2. The van der Waals surface area contributed by atoms with Gasteiger partial charge in [-0.1, -0.05) is 18.2 Å². The average Bonchev–Trinajstić information content (AvgIpc) is 2.53. The number of amides is 1. The molecular weight excluding hydrogens is 320 g/mol. The predicted molar refractivity (Wildman–Crippen MR) is 93.8 cm³/mol. The minimum Gasteiger partial charge on any atom is -0.487 e. The first-order valence-corrected chi connectivity index (χ1v) is 8.11. The maximum atomic E-state index is 12.6. The highest BCUT2D eigenvalue weighted by Crippen LogP contribution is 2.39. The van der Waals surface area contributed by atoms with Gasteiger partial charge in [-0.15, -0.1) is 0 Å². The number of rotatable bonds is 3. The number of carbonyl (C=O) groups is 1. The molecule has 0 aromatic heterocycles. The predicted octanol–water partition coefficient (Wildman–Crippen LogP) is 3.94. The van der Waals surface area contributed by atoms with E-state index < -0.39 is 10.5 Å². The lowest BCUT2D eigenvalue weighted by Crippen LogP contribution is -2.41. The second-order valence-electron chi connectivity index (χ2n) is 6.89. The third-order valence-corrected chi connectivity index (χ3v) is 4.34. The zero-order valence-electron chi connectivity index (χ0n) is 14.4. The van der Waals surface area contributed by atoms with E-state index >= 15 is 0 Å². The zero-order chi connectivity index (χ0) is 18.2. The molecule has 1 aliphatic heterocycles. The van der Waals surface area contributed by atoms with Crippen molar-refractivity contribution in [3.05, 3.63) is 69.3 Å². The van der Waals surface area contributed by atoms with Gasteiger partial charge in [0.2, 0.25) is 0 Å². The van der Waals surface area contributed by atoms with Crippen LogP contribution in [0.2, 0.25) is 0 Å². The van der Waals surface area contributed by atoms with Gasteiger partial charge in [0.15, 0.2) is 0 Å². The summed E-state index contributed by atoms with van der Waals surface area (Å²) in [7, 11) is 0. The van der Waals surface area contributed by atoms with Gasteiger partial charge < -0.3 is 10.1 Å². The molecule has 6 nitrogen and oxygen atoms in total. The van der Waals surface area contributed by atoms with Crippen LogP contribution >= 0.6 is 0 Å². The van der Waals surface area contributed by atoms with E-state index in [-0.39, 0.29) is 17.6 Å². The number of para-hydroxylation sites is 1. The van der Waals surface area contributed by atoms with E-state index in [0.717, 1.165) is 11.3 Å². The average molecular weight is 340 g/mol. The Morgan fingerprint density at radius 1 is 1.28 bits per heavy atom. The number of hydrogen-bond acceptors (Lipinski definition) is 4. The van der Waals surface area contributed by atoms with Crippen molar-refractivity contribution in [1.82, 2.24) is 5.32 Å². The molecule has 0 spiro atoms. The first kappa shape index (κ1) is 17.0. The van der Waals surface area contributed by atoms with Gasteiger partial charge in [-0.3, -0.25) is 14.9 Å². The molecule has 1 atom stereocenters. The van der Waals surface area contributed by atoms with Crippen molar-refractivity contribution >= 4 is 11.6 Å². The Hall–Kier alpha value is -2.89. The number of fused-ring (bicyclic) bond motifs is 1. The fourth-order valence-corrected chi connectivity index (χ4v) is 3.17. The molecule has 1 aliphatic rings. The van der Waals surface area contributed by atoms with Crippen molar-refractivity contribution in [2.24, 2.45) is 0 Å². The molecule has 0 saturated carbocycles. The fourth-order valence-electron chi connectivity index (χ4n) is 3.17. The molecule has 1 N–H and O–H groups in total. The first-order chi connectivity index (χ1) is 11.8. The fraction of sp³-hybridized carbons (Fsp3) is 0.316. The van der Waals surface area contributed by atoms with Gasteiger partial charge in [0.05, 0.1) is 11.0 Å². The second-order valence-corrected chi connectivity index (χ2v) is 6.89. The number of carbonyl (C=O) groups excluding carboxylic acids is 1. The van der Waals surface area contributed by atoms with Crippen LogP contribution in [0.25, 0.3) is 0 Å². The normalized spacial score (nSPS) is 18.0. The molecule has 0 aliphatic carbocycles. The van der Waals surface area contributed by atoms with Crippen LogP contribution in [0.15, 0.2) is 42.5 Å². The van der Waals surface area contributed by atoms with Gasteiger partial charge in [0.1, 0.15) is 11.4 Å². The molecule has 0 saturated heterocycles. The van der Waals surface area contributed by atoms with E-state index in [1.807, 2.05) is 38.1 Å². The van der Waals surface area contributed by atoms with Crippen LogP contribution in [0.4, 0.5) is 5.69 Å². The van der Waals surface area contributed by atoms with Gasteiger partial charge in [-0.2, -0.15) is 0 Å². The highest BCUT2D eigenvalue weighted by atomic mass is 16.6.